The summed E-state index contributed by atoms with van der Waals surface area (Å²) in [5, 5.41) is 4.22. The molecule has 3 aromatic rings. The Kier molecular flexibility index (Phi) is 4.19. The molecular formula is C19H19N5S. The van der Waals surface area contributed by atoms with E-state index in [1.165, 1.54) is 11.3 Å². The highest BCUT2D eigenvalue weighted by Gasteiger charge is 2.40. The molecule has 2 atom stereocenters. The molecule has 126 valence electrons. The van der Waals surface area contributed by atoms with Gasteiger partial charge in [0.1, 0.15) is 0 Å². The van der Waals surface area contributed by atoms with Crippen molar-refractivity contribution in [2.75, 3.05) is 0 Å². The molecule has 1 aliphatic rings. The van der Waals surface area contributed by atoms with Crippen LogP contribution in [0.3, 0.4) is 0 Å². The monoisotopic (exact) mass is 349 g/mol. The van der Waals surface area contributed by atoms with Gasteiger partial charge in [0.25, 0.3) is 0 Å². The van der Waals surface area contributed by atoms with Gasteiger partial charge in [-0.1, -0.05) is 6.07 Å². The van der Waals surface area contributed by atoms with E-state index < -0.39 is 0 Å². The lowest BCUT2D eigenvalue weighted by Gasteiger charge is -2.28. The molecule has 1 aliphatic heterocycles. The lowest BCUT2D eigenvalue weighted by molar-refractivity contribution is 0.299. The van der Waals surface area contributed by atoms with Crippen molar-refractivity contribution in [3.05, 3.63) is 84.2 Å². The first-order valence-corrected chi connectivity index (χ1v) is 8.63. The Morgan fingerprint density at radius 2 is 1.92 bits per heavy atom. The molecule has 0 bridgehead atoms. The smallest absolute Gasteiger partial charge is 0.170 e. The maximum Gasteiger partial charge on any atom is 0.170 e. The molecule has 0 saturated carbocycles. The van der Waals surface area contributed by atoms with E-state index in [1.54, 1.807) is 0 Å². The van der Waals surface area contributed by atoms with Gasteiger partial charge < -0.3 is 14.8 Å². The van der Waals surface area contributed by atoms with Crippen LogP contribution in [0.2, 0.25) is 0 Å². The average molecular weight is 349 g/mol. The van der Waals surface area contributed by atoms with Crippen LogP contribution < -0.4 is 5.32 Å². The molecule has 0 amide bonds. The van der Waals surface area contributed by atoms with Gasteiger partial charge in [0.2, 0.25) is 0 Å². The van der Waals surface area contributed by atoms with Gasteiger partial charge in [0, 0.05) is 44.1 Å². The van der Waals surface area contributed by atoms with E-state index >= 15 is 0 Å². The van der Waals surface area contributed by atoms with Crippen molar-refractivity contribution < 1.29 is 0 Å². The van der Waals surface area contributed by atoms with Crippen LogP contribution in [0.15, 0.2) is 67.3 Å². The van der Waals surface area contributed by atoms with Crippen molar-refractivity contribution in [1.82, 2.24) is 24.8 Å². The lowest BCUT2D eigenvalue weighted by atomic mass is 10.0. The first-order chi connectivity index (χ1) is 12.2. The molecule has 4 rings (SSSR count). The van der Waals surface area contributed by atoms with E-state index in [-0.39, 0.29) is 12.1 Å². The summed E-state index contributed by atoms with van der Waals surface area (Å²) in [6.45, 7) is 0.730. The van der Waals surface area contributed by atoms with E-state index in [9.17, 15) is 0 Å². The van der Waals surface area contributed by atoms with Gasteiger partial charge in [-0.3, -0.25) is 9.97 Å². The maximum atomic E-state index is 5.67. The quantitative estimate of drug-likeness (QED) is 0.734. The second kappa shape index (κ2) is 6.64. The highest BCUT2D eigenvalue weighted by Crippen LogP contribution is 2.39. The van der Waals surface area contributed by atoms with Crippen molar-refractivity contribution in [3.63, 3.8) is 0 Å². The molecule has 1 N–H and O–H groups in total. The van der Waals surface area contributed by atoms with Crippen molar-refractivity contribution in [2.45, 2.75) is 18.6 Å². The first-order valence-electron chi connectivity index (χ1n) is 8.22. The molecule has 1 fully saturated rings. The Bertz CT molecular complexity index is 862. The van der Waals surface area contributed by atoms with Gasteiger partial charge in [0.15, 0.2) is 5.11 Å². The molecule has 0 aromatic carbocycles. The number of nitrogens with one attached hydrogen (secondary N) is 1. The zero-order valence-electron chi connectivity index (χ0n) is 13.9. The Morgan fingerprint density at radius 3 is 2.60 bits per heavy atom. The van der Waals surface area contributed by atoms with Crippen LogP contribution in [-0.2, 0) is 13.6 Å². The minimum absolute atomic E-state index is 0.0177. The van der Waals surface area contributed by atoms with E-state index in [1.807, 2.05) is 48.9 Å². The largest absolute Gasteiger partial charge is 0.353 e. The minimum atomic E-state index is 0.0177. The zero-order chi connectivity index (χ0) is 17.2. The number of rotatable bonds is 4. The number of pyridine rings is 2. The molecule has 0 aliphatic carbocycles. The van der Waals surface area contributed by atoms with Crippen LogP contribution in [0, 0.1) is 0 Å². The van der Waals surface area contributed by atoms with E-state index in [0.29, 0.717) is 0 Å². The summed E-state index contributed by atoms with van der Waals surface area (Å²) < 4.78 is 2.15. The van der Waals surface area contributed by atoms with Crippen molar-refractivity contribution in [2.24, 2.45) is 7.05 Å². The number of nitrogens with zero attached hydrogens (tertiary/aromatic N) is 4. The standard InChI is InChI=1S/C19H19N5S/c1-23-12-4-6-16(23)18-17(15-5-2-3-9-21-15)22-19(25)24(18)13-14-7-10-20-11-8-14/h2-12,17-18H,13H2,1H3,(H,22,25)/t17-,18+/m0/s1. The number of hydrogen-bond donors (Lipinski definition) is 1. The maximum absolute atomic E-state index is 5.67. The number of aromatic nitrogens is 3. The van der Waals surface area contributed by atoms with Crippen LogP contribution in [0.25, 0.3) is 0 Å². The molecule has 25 heavy (non-hydrogen) atoms. The second-order valence-electron chi connectivity index (χ2n) is 6.15. The second-order valence-corrected chi connectivity index (χ2v) is 6.54. The van der Waals surface area contributed by atoms with E-state index in [4.69, 9.17) is 12.2 Å². The molecule has 0 unspecified atom stereocenters. The minimum Gasteiger partial charge on any atom is -0.353 e. The molecule has 1 saturated heterocycles. The summed E-state index contributed by atoms with van der Waals surface area (Å²) in [4.78, 5) is 10.9. The third kappa shape index (κ3) is 3.00. The molecule has 5 nitrogen and oxygen atoms in total. The summed E-state index contributed by atoms with van der Waals surface area (Å²) in [7, 11) is 2.07. The summed E-state index contributed by atoms with van der Waals surface area (Å²) in [5.41, 5.74) is 3.38. The number of aryl methyl sites for hydroxylation is 1. The topological polar surface area (TPSA) is 46.0 Å². The molecule has 0 spiro atoms. The molecule has 6 heteroatoms. The van der Waals surface area contributed by atoms with Gasteiger partial charge >= 0.3 is 0 Å². The highest BCUT2D eigenvalue weighted by molar-refractivity contribution is 7.80. The lowest BCUT2D eigenvalue weighted by Crippen LogP contribution is -2.29. The third-order valence-electron chi connectivity index (χ3n) is 4.59. The van der Waals surface area contributed by atoms with Crippen LogP contribution in [0.5, 0.6) is 0 Å². The average Bonchev–Trinajstić information content (AvgIpc) is 3.20. The Labute approximate surface area is 152 Å². The Hall–Kier alpha value is -2.73. The predicted molar refractivity (Wildman–Crippen MR) is 101 cm³/mol. The van der Waals surface area contributed by atoms with Crippen molar-refractivity contribution in [1.29, 1.82) is 0 Å². The van der Waals surface area contributed by atoms with Gasteiger partial charge in [0.05, 0.1) is 17.8 Å². The fourth-order valence-corrected chi connectivity index (χ4v) is 3.67. The van der Waals surface area contributed by atoms with Crippen LogP contribution in [0.1, 0.15) is 29.0 Å². The van der Waals surface area contributed by atoms with E-state index in [2.05, 4.69) is 50.1 Å². The number of thiocarbonyl (C=S) groups is 1. The van der Waals surface area contributed by atoms with E-state index in [0.717, 1.165) is 17.4 Å². The van der Waals surface area contributed by atoms with Gasteiger partial charge in [-0.2, -0.15) is 0 Å². The molecule has 3 aromatic heterocycles. The summed E-state index contributed by atoms with van der Waals surface area (Å²) in [6.07, 6.45) is 7.52. The van der Waals surface area contributed by atoms with Gasteiger partial charge in [-0.05, 0) is 54.2 Å². The molecule has 4 heterocycles. The third-order valence-corrected chi connectivity index (χ3v) is 4.94. The molecular weight excluding hydrogens is 330 g/mol. The van der Waals surface area contributed by atoms with Crippen LogP contribution >= 0.6 is 12.2 Å². The summed E-state index contributed by atoms with van der Waals surface area (Å²) in [6, 6.07) is 14.4. The van der Waals surface area contributed by atoms with Crippen LogP contribution in [-0.4, -0.2) is 24.5 Å². The zero-order valence-corrected chi connectivity index (χ0v) is 14.7. The normalized spacial score (nSPS) is 19.9. The Balaban J connectivity index is 1.74. The summed E-state index contributed by atoms with van der Waals surface area (Å²) >= 11 is 5.67. The van der Waals surface area contributed by atoms with Gasteiger partial charge in [-0.15, -0.1) is 0 Å². The SMILES string of the molecule is Cn1cccc1[C@@H]1[C@H](c2ccccn2)NC(=S)N1Cc1ccncc1. The Morgan fingerprint density at radius 1 is 1.08 bits per heavy atom. The number of hydrogen-bond acceptors (Lipinski definition) is 3. The molecule has 0 radical (unpaired) electrons. The fourth-order valence-electron chi connectivity index (χ4n) is 3.36. The summed E-state index contributed by atoms with van der Waals surface area (Å²) in [5.74, 6) is 0. The highest BCUT2D eigenvalue weighted by atomic mass is 32.1. The first kappa shape index (κ1) is 15.8. The van der Waals surface area contributed by atoms with Crippen molar-refractivity contribution in [3.8, 4) is 0 Å². The van der Waals surface area contributed by atoms with Crippen molar-refractivity contribution >= 4 is 17.3 Å². The fraction of sp³-hybridized carbons (Fsp3) is 0.211. The van der Waals surface area contributed by atoms with Gasteiger partial charge in [-0.25, -0.2) is 0 Å². The predicted octanol–water partition coefficient (Wildman–Crippen LogP) is 2.99. The van der Waals surface area contributed by atoms with Crippen LogP contribution in [0.4, 0.5) is 0 Å².